The van der Waals surface area contributed by atoms with Crippen LogP contribution in [0.5, 0.6) is 0 Å². The van der Waals surface area contributed by atoms with Crippen LogP contribution in [0.15, 0.2) is 12.2 Å². The smallest absolute Gasteiger partial charge is 0.305 e. The zero-order chi connectivity index (χ0) is 20.4. The Hall–Kier alpha value is -1.73. The Balaban J connectivity index is 1.91. The number of hydrogen-bond donors (Lipinski definition) is 0. The van der Waals surface area contributed by atoms with E-state index in [9.17, 15) is 14.4 Å². The molecule has 0 spiro atoms. The van der Waals surface area contributed by atoms with Crippen LogP contribution in [0.25, 0.3) is 0 Å². The number of hydrogen-bond acceptors (Lipinski definition) is 7. The van der Waals surface area contributed by atoms with Crippen molar-refractivity contribution in [3.63, 3.8) is 0 Å². The van der Waals surface area contributed by atoms with Gasteiger partial charge in [0.2, 0.25) is 0 Å². The summed E-state index contributed by atoms with van der Waals surface area (Å²) < 4.78 is 21.8. The summed E-state index contributed by atoms with van der Waals surface area (Å²) in [7, 11) is 1.38. The zero-order valence-corrected chi connectivity index (χ0v) is 16.8. The van der Waals surface area contributed by atoms with Gasteiger partial charge in [-0.3, -0.25) is 9.59 Å². The Morgan fingerprint density at radius 2 is 2.00 bits per heavy atom. The van der Waals surface area contributed by atoms with Crippen LogP contribution in [-0.2, 0) is 33.3 Å². The molecule has 2 rings (SSSR count). The summed E-state index contributed by atoms with van der Waals surface area (Å²) in [5.41, 5.74) is 0. The molecule has 158 valence electrons. The average Bonchev–Trinajstić information content (AvgIpc) is 3.00. The number of methoxy groups -OCH3 is 1. The molecule has 5 atom stereocenters. The van der Waals surface area contributed by atoms with Gasteiger partial charge in [0.15, 0.2) is 6.29 Å². The molecule has 0 aromatic heterocycles. The molecule has 28 heavy (non-hydrogen) atoms. The second-order valence-electron chi connectivity index (χ2n) is 7.41. The molecular weight excluding hydrogens is 364 g/mol. The quantitative estimate of drug-likeness (QED) is 0.243. The summed E-state index contributed by atoms with van der Waals surface area (Å²) in [4.78, 5) is 34.4. The lowest BCUT2D eigenvalue weighted by Gasteiger charge is -2.27. The molecule has 1 unspecified atom stereocenters. The number of allylic oxidation sites excluding steroid dienone is 2. The molecule has 0 aromatic carbocycles. The molecular formula is C21H32O7. The highest BCUT2D eigenvalue weighted by Crippen LogP contribution is 2.39. The van der Waals surface area contributed by atoms with Crippen molar-refractivity contribution in [3.05, 3.63) is 12.2 Å². The largest absolute Gasteiger partial charge is 0.469 e. The topological polar surface area (TPSA) is 88.1 Å². The zero-order valence-electron chi connectivity index (χ0n) is 16.8. The molecule has 0 radical (unpaired) electrons. The molecule has 0 bridgehead atoms. The van der Waals surface area contributed by atoms with Crippen molar-refractivity contribution in [2.75, 3.05) is 13.7 Å². The molecule has 0 aromatic rings. The van der Waals surface area contributed by atoms with Gasteiger partial charge < -0.3 is 23.7 Å². The Kier molecular flexibility index (Phi) is 9.64. The van der Waals surface area contributed by atoms with Crippen LogP contribution < -0.4 is 0 Å². The second kappa shape index (κ2) is 12.0. The number of aldehydes is 1. The summed E-state index contributed by atoms with van der Waals surface area (Å²) in [6.45, 7) is 2.06. The van der Waals surface area contributed by atoms with Crippen molar-refractivity contribution in [2.24, 2.45) is 11.8 Å². The van der Waals surface area contributed by atoms with Crippen LogP contribution in [0.3, 0.4) is 0 Å². The van der Waals surface area contributed by atoms with Crippen molar-refractivity contribution in [2.45, 2.75) is 76.8 Å². The van der Waals surface area contributed by atoms with E-state index in [4.69, 9.17) is 14.2 Å². The van der Waals surface area contributed by atoms with E-state index in [1.807, 2.05) is 12.2 Å². The van der Waals surface area contributed by atoms with Crippen molar-refractivity contribution >= 4 is 18.2 Å². The van der Waals surface area contributed by atoms with Gasteiger partial charge in [0.25, 0.3) is 0 Å². The van der Waals surface area contributed by atoms with Crippen LogP contribution in [0.4, 0.5) is 0 Å². The molecule has 2 aliphatic rings. The minimum absolute atomic E-state index is 0.119. The number of carbonyl (C=O) groups is 3. The van der Waals surface area contributed by atoms with E-state index in [0.29, 0.717) is 32.3 Å². The number of esters is 2. The maximum absolute atomic E-state index is 11.8. The number of carbonyl (C=O) groups excluding carboxylic acids is 3. The molecule has 1 saturated heterocycles. The van der Waals surface area contributed by atoms with Crippen LogP contribution in [0.1, 0.15) is 58.3 Å². The standard InChI is InChI=1S/C21H32O7/c1-15(23)27-18-13-19(28-21-11-7-8-12-26-21)17(14-22)16(18)9-5-3-4-6-10-20(24)25-2/h3,5,14,16-19,21H,4,6-13H2,1-2H3/t16-,17+,18+,19-,21?/m0/s1. The number of unbranched alkanes of at least 4 members (excludes halogenated alkanes) is 1. The number of rotatable bonds is 10. The van der Waals surface area contributed by atoms with Crippen molar-refractivity contribution in [1.29, 1.82) is 0 Å². The highest BCUT2D eigenvalue weighted by molar-refractivity contribution is 5.69. The SMILES string of the molecule is COC(=O)CCCC=CC[C@H]1[C@@H](C=O)[C@@H](OC2CCCCO2)C[C@H]1OC(C)=O. The predicted molar refractivity (Wildman–Crippen MR) is 101 cm³/mol. The third-order valence-electron chi connectivity index (χ3n) is 5.36. The predicted octanol–water partition coefficient (Wildman–Crippen LogP) is 2.95. The van der Waals surface area contributed by atoms with Crippen molar-refractivity contribution in [3.8, 4) is 0 Å². The lowest BCUT2D eigenvalue weighted by atomic mass is 9.91. The fourth-order valence-electron chi connectivity index (χ4n) is 3.93. The van der Waals surface area contributed by atoms with Crippen LogP contribution in [0.2, 0.25) is 0 Å². The van der Waals surface area contributed by atoms with Crippen molar-refractivity contribution < 1.29 is 33.3 Å². The Morgan fingerprint density at radius 3 is 2.64 bits per heavy atom. The van der Waals surface area contributed by atoms with E-state index < -0.39 is 0 Å². The molecule has 7 heteroatoms. The summed E-state index contributed by atoms with van der Waals surface area (Å²) in [6, 6.07) is 0. The maximum atomic E-state index is 11.8. The summed E-state index contributed by atoms with van der Waals surface area (Å²) in [5.74, 6) is -1.03. The Bertz CT molecular complexity index is 539. The third kappa shape index (κ3) is 7.02. The molecule has 7 nitrogen and oxygen atoms in total. The minimum Gasteiger partial charge on any atom is -0.469 e. The van der Waals surface area contributed by atoms with E-state index in [2.05, 4.69) is 4.74 Å². The molecule has 1 aliphatic heterocycles. The van der Waals surface area contributed by atoms with Gasteiger partial charge in [-0.05, 0) is 38.5 Å². The molecule has 2 fully saturated rings. The van der Waals surface area contributed by atoms with Gasteiger partial charge in [-0.25, -0.2) is 0 Å². The first-order valence-corrected chi connectivity index (χ1v) is 10.2. The lowest BCUT2D eigenvalue weighted by Crippen LogP contribution is -2.32. The molecule has 1 aliphatic carbocycles. The summed E-state index contributed by atoms with van der Waals surface area (Å²) in [6.07, 6.45) is 9.85. The Labute approximate surface area is 166 Å². The normalized spacial score (nSPS) is 30.3. The van der Waals surface area contributed by atoms with Crippen LogP contribution in [0, 0.1) is 11.8 Å². The highest BCUT2D eigenvalue weighted by Gasteiger charge is 2.46. The van der Waals surface area contributed by atoms with Gasteiger partial charge in [-0.1, -0.05) is 12.2 Å². The van der Waals surface area contributed by atoms with E-state index in [0.717, 1.165) is 32.0 Å². The first kappa shape index (κ1) is 22.6. The van der Waals surface area contributed by atoms with E-state index in [-0.39, 0.29) is 42.3 Å². The summed E-state index contributed by atoms with van der Waals surface area (Å²) >= 11 is 0. The van der Waals surface area contributed by atoms with Gasteiger partial charge in [0.05, 0.1) is 13.2 Å². The Morgan fingerprint density at radius 1 is 1.18 bits per heavy atom. The third-order valence-corrected chi connectivity index (χ3v) is 5.36. The first-order chi connectivity index (χ1) is 13.5. The molecule has 0 amide bonds. The van der Waals surface area contributed by atoms with Gasteiger partial charge >= 0.3 is 11.9 Å². The monoisotopic (exact) mass is 396 g/mol. The number of ether oxygens (including phenoxy) is 4. The van der Waals surface area contributed by atoms with Gasteiger partial charge in [0, 0.05) is 38.2 Å². The fourth-order valence-corrected chi connectivity index (χ4v) is 3.93. The molecule has 1 saturated carbocycles. The van der Waals surface area contributed by atoms with Gasteiger partial charge in [-0.2, -0.15) is 0 Å². The lowest BCUT2D eigenvalue weighted by molar-refractivity contribution is -0.195. The van der Waals surface area contributed by atoms with Crippen molar-refractivity contribution in [1.82, 2.24) is 0 Å². The molecule has 1 heterocycles. The van der Waals surface area contributed by atoms with Gasteiger partial charge in [-0.15, -0.1) is 0 Å². The highest BCUT2D eigenvalue weighted by atomic mass is 16.7. The van der Waals surface area contributed by atoms with E-state index in [1.165, 1.54) is 14.0 Å². The van der Waals surface area contributed by atoms with Gasteiger partial charge in [0.1, 0.15) is 12.4 Å². The van der Waals surface area contributed by atoms with E-state index >= 15 is 0 Å². The second-order valence-corrected chi connectivity index (χ2v) is 7.41. The first-order valence-electron chi connectivity index (χ1n) is 10.2. The fraction of sp³-hybridized carbons (Fsp3) is 0.762. The molecule has 0 N–H and O–H groups in total. The van der Waals surface area contributed by atoms with Crippen LogP contribution >= 0.6 is 0 Å². The van der Waals surface area contributed by atoms with Crippen LogP contribution in [-0.4, -0.2) is 50.4 Å². The van der Waals surface area contributed by atoms with E-state index in [1.54, 1.807) is 0 Å². The maximum Gasteiger partial charge on any atom is 0.305 e. The average molecular weight is 396 g/mol. The minimum atomic E-state index is -0.351. The summed E-state index contributed by atoms with van der Waals surface area (Å²) in [5, 5.41) is 0.